The van der Waals surface area contributed by atoms with Gasteiger partial charge in [0.05, 0.1) is 25.5 Å². The van der Waals surface area contributed by atoms with E-state index in [1.165, 1.54) is 7.11 Å². The summed E-state index contributed by atoms with van der Waals surface area (Å²) >= 11 is 0. The smallest absolute Gasteiger partial charge is 0.392 e. The maximum Gasteiger partial charge on any atom is 0.392 e. The first-order valence-corrected chi connectivity index (χ1v) is 9.96. The van der Waals surface area contributed by atoms with Crippen LogP contribution in [0.15, 0.2) is 24.3 Å². The Morgan fingerprint density at radius 1 is 1.29 bits per heavy atom. The molecule has 0 aliphatic carbocycles. The SMILES string of the molecule is COc1cccc(N2CC(C(=O)NCc3nnc4n3CCC(C(F)(F)F)C4)CC2=O)c1. The molecule has 1 aromatic heterocycles. The van der Waals surface area contributed by atoms with E-state index in [0.717, 1.165) is 0 Å². The molecule has 2 aliphatic rings. The lowest BCUT2D eigenvalue weighted by atomic mass is 9.97. The van der Waals surface area contributed by atoms with Crippen LogP contribution in [-0.4, -0.2) is 46.4 Å². The molecule has 11 heteroatoms. The lowest BCUT2D eigenvalue weighted by molar-refractivity contribution is -0.179. The lowest BCUT2D eigenvalue weighted by Gasteiger charge is -2.25. The van der Waals surface area contributed by atoms with Crippen molar-refractivity contribution >= 4 is 17.5 Å². The van der Waals surface area contributed by atoms with Crippen molar-refractivity contribution in [2.75, 3.05) is 18.6 Å². The summed E-state index contributed by atoms with van der Waals surface area (Å²) in [5, 5.41) is 10.6. The molecule has 3 heterocycles. The number of rotatable bonds is 5. The molecule has 31 heavy (non-hydrogen) atoms. The molecule has 0 saturated carbocycles. The van der Waals surface area contributed by atoms with Gasteiger partial charge in [-0.15, -0.1) is 10.2 Å². The summed E-state index contributed by atoms with van der Waals surface area (Å²) in [6.45, 7) is 0.443. The highest BCUT2D eigenvalue weighted by molar-refractivity contribution is 6.00. The van der Waals surface area contributed by atoms with Crippen LogP contribution in [0, 0.1) is 11.8 Å². The monoisotopic (exact) mass is 437 g/mol. The Balaban J connectivity index is 1.36. The number of amides is 2. The highest BCUT2D eigenvalue weighted by atomic mass is 19.4. The van der Waals surface area contributed by atoms with Crippen LogP contribution in [-0.2, 0) is 29.1 Å². The number of fused-ring (bicyclic) bond motifs is 1. The standard InChI is InChI=1S/C20H22F3N5O3/c1-31-15-4-2-3-14(9-15)28-11-12(7-18(28)29)19(30)24-10-17-26-25-16-8-13(20(21,22)23)5-6-27(16)17/h2-4,9,12-13H,5-8,10-11H2,1H3,(H,24,30). The molecule has 1 N–H and O–H groups in total. The zero-order valence-corrected chi connectivity index (χ0v) is 16.9. The van der Waals surface area contributed by atoms with Crippen molar-refractivity contribution in [2.24, 2.45) is 11.8 Å². The minimum atomic E-state index is -4.25. The molecule has 2 amide bonds. The van der Waals surface area contributed by atoms with Gasteiger partial charge in [0.25, 0.3) is 0 Å². The van der Waals surface area contributed by atoms with Crippen molar-refractivity contribution in [2.45, 2.75) is 38.5 Å². The average molecular weight is 437 g/mol. The van der Waals surface area contributed by atoms with Gasteiger partial charge in [0.15, 0.2) is 5.82 Å². The first kappa shape index (κ1) is 21.1. The van der Waals surface area contributed by atoms with Gasteiger partial charge in [-0.1, -0.05) is 6.07 Å². The summed E-state index contributed by atoms with van der Waals surface area (Å²) in [5.41, 5.74) is 0.658. The predicted molar refractivity (Wildman–Crippen MR) is 103 cm³/mol. The van der Waals surface area contributed by atoms with Gasteiger partial charge in [-0.2, -0.15) is 13.2 Å². The number of nitrogens with one attached hydrogen (secondary N) is 1. The minimum Gasteiger partial charge on any atom is -0.497 e. The average Bonchev–Trinajstić information content (AvgIpc) is 3.34. The molecule has 0 spiro atoms. The normalized spacial score (nSPS) is 21.2. The number of methoxy groups -OCH3 is 1. The Labute approximate surface area is 176 Å². The van der Waals surface area contributed by atoms with E-state index in [4.69, 9.17) is 4.74 Å². The predicted octanol–water partition coefficient (Wildman–Crippen LogP) is 2.08. The maximum absolute atomic E-state index is 12.9. The summed E-state index contributed by atoms with van der Waals surface area (Å²) < 4.78 is 45.6. The van der Waals surface area contributed by atoms with Crippen molar-refractivity contribution in [1.82, 2.24) is 20.1 Å². The van der Waals surface area contributed by atoms with Crippen molar-refractivity contribution in [1.29, 1.82) is 0 Å². The maximum atomic E-state index is 12.9. The molecule has 1 saturated heterocycles. The lowest BCUT2D eigenvalue weighted by Crippen LogP contribution is -2.34. The molecule has 1 aromatic carbocycles. The number of hydrogen-bond acceptors (Lipinski definition) is 5. The van der Waals surface area contributed by atoms with Gasteiger partial charge in [0, 0.05) is 37.7 Å². The van der Waals surface area contributed by atoms with Crippen LogP contribution in [0.5, 0.6) is 5.75 Å². The Hall–Kier alpha value is -3.11. The number of aromatic nitrogens is 3. The van der Waals surface area contributed by atoms with E-state index >= 15 is 0 Å². The fraction of sp³-hybridized carbons (Fsp3) is 0.500. The van der Waals surface area contributed by atoms with Gasteiger partial charge >= 0.3 is 6.18 Å². The Bertz CT molecular complexity index is 991. The summed E-state index contributed by atoms with van der Waals surface area (Å²) in [4.78, 5) is 26.6. The third kappa shape index (κ3) is 4.35. The van der Waals surface area contributed by atoms with Gasteiger partial charge in [-0.05, 0) is 18.6 Å². The highest BCUT2D eigenvalue weighted by Gasteiger charge is 2.42. The molecule has 8 nitrogen and oxygen atoms in total. The van der Waals surface area contributed by atoms with Crippen molar-refractivity contribution in [3.05, 3.63) is 35.9 Å². The number of hydrogen-bond donors (Lipinski definition) is 1. The second-order valence-electron chi connectivity index (χ2n) is 7.74. The van der Waals surface area contributed by atoms with Crippen LogP contribution < -0.4 is 15.0 Å². The van der Waals surface area contributed by atoms with E-state index in [0.29, 0.717) is 17.3 Å². The van der Waals surface area contributed by atoms with E-state index in [1.54, 1.807) is 33.7 Å². The Morgan fingerprint density at radius 2 is 2.10 bits per heavy atom. The number of anilines is 1. The van der Waals surface area contributed by atoms with E-state index in [9.17, 15) is 22.8 Å². The summed E-state index contributed by atoms with van der Waals surface area (Å²) in [7, 11) is 1.54. The van der Waals surface area contributed by atoms with E-state index in [1.807, 2.05) is 0 Å². The molecule has 166 valence electrons. The Kier molecular flexibility index (Phi) is 5.59. The number of nitrogens with zero attached hydrogens (tertiary/aromatic N) is 4. The molecule has 1 fully saturated rings. The molecule has 0 radical (unpaired) electrons. The van der Waals surface area contributed by atoms with Gasteiger partial charge in [-0.3, -0.25) is 9.59 Å². The zero-order chi connectivity index (χ0) is 22.2. The number of carbonyl (C=O) groups excluding carboxylic acids is 2. The fourth-order valence-electron chi connectivity index (χ4n) is 4.02. The van der Waals surface area contributed by atoms with Gasteiger partial charge in [0.1, 0.15) is 11.6 Å². The summed E-state index contributed by atoms with van der Waals surface area (Å²) in [6, 6.07) is 7.04. The fourth-order valence-corrected chi connectivity index (χ4v) is 4.02. The molecule has 4 rings (SSSR count). The van der Waals surface area contributed by atoms with Crippen LogP contribution in [0.1, 0.15) is 24.5 Å². The van der Waals surface area contributed by atoms with Crippen LogP contribution in [0.3, 0.4) is 0 Å². The zero-order valence-electron chi connectivity index (χ0n) is 16.9. The van der Waals surface area contributed by atoms with Crippen LogP contribution in [0.25, 0.3) is 0 Å². The molecular formula is C20H22F3N5O3. The molecule has 0 bridgehead atoms. The topological polar surface area (TPSA) is 89.3 Å². The number of alkyl halides is 3. The molecule has 2 aromatic rings. The third-order valence-electron chi connectivity index (χ3n) is 5.78. The van der Waals surface area contributed by atoms with Crippen LogP contribution >= 0.6 is 0 Å². The van der Waals surface area contributed by atoms with Crippen molar-refractivity contribution in [3.63, 3.8) is 0 Å². The van der Waals surface area contributed by atoms with Crippen LogP contribution in [0.4, 0.5) is 18.9 Å². The minimum absolute atomic E-state index is 0.0396. The van der Waals surface area contributed by atoms with E-state index in [-0.39, 0.29) is 56.5 Å². The Morgan fingerprint density at radius 3 is 2.84 bits per heavy atom. The first-order chi connectivity index (χ1) is 14.8. The second-order valence-corrected chi connectivity index (χ2v) is 7.74. The van der Waals surface area contributed by atoms with Crippen molar-refractivity contribution in [3.8, 4) is 5.75 Å². The number of halogens is 3. The van der Waals surface area contributed by atoms with E-state index < -0.39 is 18.0 Å². The van der Waals surface area contributed by atoms with Gasteiger partial charge in [-0.25, -0.2) is 0 Å². The quantitative estimate of drug-likeness (QED) is 0.774. The second kappa shape index (κ2) is 8.20. The number of benzene rings is 1. The van der Waals surface area contributed by atoms with Gasteiger partial charge in [0.2, 0.25) is 11.8 Å². The molecular weight excluding hydrogens is 415 g/mol. The van der Waals surface area contributed by atoms with Gasteiger partial charge < -0.3 is 19.5 Å². The summed E-state index contributed by atoms with van der Waals surface area (Å²) in [5.74, 6) is -1.11. The number of ether oxygens (including phenoxy) is 1. The van der Waals surface area contributed by atoms with Crippen molar-refractivity contribution < 1.29 is 27.5 Å². The third-order valence-corrected chi connectivity index (χ3v) is 5.78. The molecule has 2 aliphatic heterocycles. The highest BCUT2D eigenvalue weighted by Crippen LogP contribution is 2.34. The van der Waals surface area contributed by atoms with Crippen LogP contribution in [0.2, 0.25) is 0 Å². The van der Waals surface area contributed by atoms with E-state index in [2.05, 4.69) is 15.5 Å². The summed E-state index contributed by atoms with van der Waals surface area (Å²) in [6.07, 6.45) is -4.43. The molecule has 2 atom stereocenters. The molecule has 2 unspecified atom stereocenters. The number of carbonyl (C=O) groups is 2. The first-order valence-electron chi connectivity index (χ1n) is 9.96. The largest absolute Gasteiger partial charge is 0.497 e.